The van der Waals surface area contributed by atoms with Crippen LogP contribution in [0.4, 0.5) is 23.7 Å². The second-order valence-corrected chi connectivity index (χ2v) is 6.30. The third kappa shape index (κ3) is 2.48. The third-order valence-electron chi connectivity index (χ3n) is 4.84. The highest BCUT2D eigenvalue weighted by Crippen LogP contribution is 2.38. The predicted octanol–water partition coefficient (Wildman–Crippen LogP) is 1.76. The van der Waals surface area contributed by atoms with Crippen LogP contribution in [0.15, 0.2) is 18.3 Å². The van der Waals surface area contributed by atoms with Crippen LogP contribution in [0.1, 0.15) is 18.4 Å². The number of fused-ring (bicyclic) bond motifs is 1. The van der Waals surface area contributed by atoms with Gasteiger partial charge in [0.25, 0.3) is 5.91 Å². The second kappa shape index (κ2) is 5.11. The highest BCUT2D eigenvalue weighted by Gasteiger charge is 2.48. The largest absolute Gasteiger partial charge is 0.416 e. The smallest absolute Gasteiger partial charge is 0.371 e. The van der Waals surface area contributed by atoms with Gasteiger partial charge in [-0.05, 0) is 25.0 Å². The molecule has 2 aromatic rings. The highest BCUT2D eigenvalue weighted by atomic mass is 19.4. The average Bonchev–Trinajstić information content (AvgIpc) is 3.11. The normalized spacial score (nSPS) is 20.2. The van der Waals surface area contributed by atoms with E-state index in [9.17, 15) is 22.8 Å². The molecule has 0 aliphatic carbocycles. The molecule has 7 nitrogen and oxygen atoms in total. The fraction of sp³-hybridized carbons (Fsp3) is 0.400. The number of nitrogens with zero attached hydrogens (tertiary/aromatic N) is 2. The van der Waals surface area contributed by atoms with E-state index in [0.29, 0.717) is 42.5 Å². The molecule has 0 bridgehead atoms. The SMILES string of the molecule is O=C1NC(=O)C2(CCN(c3cc(C(F)(F)F)cc4[nH]ncc34)CC2)N1. The van der Waals surface area contributed by atoms with E-state index in [0.717, 1.165) is 12.1 Å². The number of halogens is 3. The third-order valence-corrected chi connectivity index (χ3v) is 4.84. The van der Waals surface area contributed by atoms with Crippen molar-refractivity contribution in [2.75, 3.05) is 18.0 Å². The first kappa shape index (κ1) is 15.7. The van der Waals surface area contributed by atoms with Crippen LogP contribution in [0.3, 0.4) is 0 Å². The topological polar surface area (TPSA) is 90.1 Å². The van der Waals surface area contributed by atoms with Crippen molar-refractivity contribution in [3.63, 3.8) is 0 Å². The van der Waals surface area contributed by atoms with Crippen molar-refractivity contribution in [1.82, 2.24) is 20.8 Å². The Bertz CT molecular complexity index is 868. The maximum absolute atomic E-state index is 13.2. The van der Waals surface area contributed by atoms with Crippen LogP contribution < -0.4 is 15.5 Å². The Labute approximate surface area is 139 Å². The van der Waals surface area contributed by atoms with Crippen molar-refractivity contribution in [1.29, 1.82) is 0 Å². The number of aromatic nitrogens is 2. The Hall–Kier alpha value is -2.78. The van der Waals surface area contributed by atoms with Gasteiger partial charge in [0.2, 0.25) is 0 Å². The summed E-state index contributed by atoms with van der Waals surface area (Å²) in [4.78, 5) is 25.2. The van der Waals surface area contributed by atoms with Gasteiger partial charge in [-0.2, -0.15) is 18.3 Å². The van der Waals surface area contributed by atoms with Gasteiger partial charge in [0.1, 0.15) is 5.54 Å². The van der Waals surface area contributed by atoms with Crippen molar-refractivity contribution in [2.24, 2.45) is 0 Å². The lowest BCUT2D eigenvalue weighted by Crippen LogP contribution is -2.55. The van der Waals surface area contributed by atoms with Crippen LogP contribution in [0.5, 0.6) is 0 Å². The number of imide groups is 1. The summed E-state index contributed by atoms with van der Waals surface area (Å²) in [5.74, 6) is -0.380. The first-order valence-electron chi connectivity index (χ1n) is 7.71. The molecule has 0 saturated carbocycles. The van der Waals surface area contributed by atoms with Crippen molar-refractivity contribution in [2.45, 2.75) is 24.6 Å². The van der Waals surface area contributed by atoms with Crippen molar-refractivity contribution in [3.8, 4) is 0 Å². The molecule has 2 aliphatic heterocycles. The molecule has 3 heterocycles. The molecule has 132 valence electrons. The molecule has 0 radical (unpaired) electrons. The number of urea groups is 1. The molecule has 1 aromatic carbocycles. The molecular weight excluding hydrogens is 339 g/mol. The van der Waals surface area contributed by atoms with E-state index in [4.69, 9.17) is 0 Å². The number of carbonyl (C=O) groups is 2. The zero-order chi connectivity index (χ0) is 17.8. The summed E-state index contributed by atoms with van der Waals surface area (Å²) in [6, 6.07) is 1.60. The van der Waals surface area contributed by atoms with Gasteiger partial charge in [0, 0.05) is 24.2 Å². The van der Waals surface area contributed by atoms with Crippen LogP contribution >= 0.6 is 0 Å². The maximum Gasteiger partial charge on any atom is 0.416 e. The van der Waals surface area contributed by atoms with Gasteiger partial charge in [0.05, 0.1) is 17.3 Å². The first-order valence-corrected chi connectivity index (χ1v) is 7.71. The number of nitrogens with one attached hydrogen (secondary N) is 3. The van der Waals surface area contributed by atoms with E-state index in [2.05, 4.69) is 20.8 Å². The number of hydrogen-bond acceptors (Lipinski definition) is 4. The standard InChI is InChI=1S/C15H14F3N5O2/c16-15(17,18)8-5-10-9(7-19-22-10)11(6-8)23-3-1-14(2-4-23)12(24)20-13(25)21-14/h5-7H,1-4H2,(H,19,22)(H2,20,21,24,25). The average molecular weight is 353 g/mol. The minimum Gasteiger partial charge on any atom is -0.371 e. The Kier molecular flexibility index (Phi) is 3.21. The second-order valence-electron chi connectivity index (χ2n) is 6.30. The Morgan fingerprint density at radius 2 is 1.88 bits per heavy atom. The predicted molar refractivity (Wildman–Crippen MR) is 81.9 cm³/mol. The number of alkyl halides is 3. The minimum absolute atomic E-state index is 0.303. The minimum atomic E-state index is -4.47. The number of amides is 3. The van der Waals surface area contributed by atoms with Gasteiger partial charge in [-0.25, -0.2) is 4.79 Å². The number of benzene rings is 1. The molecule has 0 unspecified atom stereocenters. The van der Waals surface area contributed by atoms with E-state index < -0.39 is 23.3 Å². The molecular formula is C15H14F3N5O2. The molecule has 0 atom stereocenters. The number of piperidine rings is 1. The Balaban J connectivity index is 1.66. The molecule has 2 saturated heterocycles. The van der Waals surface area contributed by atoms with Crippen molar-refractivity contribution >= 4 is 28.5 Å². The van der Waals surface area contributed by atoms with E-state index in [1.807, 2.05) is 0 Å². The van der Waals surface area contributed by atoms with E-state index in [1.54, 1.807) is 4.90 Å². The van der Waals surface area contributed by atoms with Crippen LogP contribution in [-0.4, -0.2) is 40.8 Å². The fourth-order valence-corrected chi connectivity index (χ4v) is 3.47. The summed E-state index contributed by atoms with van der Waals surface area (Å²) in [5, 5.41) is 11.8. The lowest BCUT2D eigenvalue weighted by Gasteiger charge is -2.38. The summed E-state index contributed by atoms with van der Waals surface area (Å²) in [5.41, 5.74) is -1.01. The Morgan fingerprint density at radius 3 is 2.48 bits per heavy atom. The number of aromatic amines is 1. The fourth-order valence-electron chi connectivity index (χ4n) is 3.47. The van der Waals surface area contributed by atoms with Crippen LogP contribution in [0.25, 0.3) is 10.9 Å². The summed E-state index contributed by atoms with van der Waals surface area (Å²) in [6.07, 6.45) is -2.34. The maximum atomic E-state index is 13.2. The molecule has 1 spiro atoms. The molecule has 25 heavy (non-hydrogen) atoms. The first-order chi connectivity index (χ1) is 11.8. The molecule has 2 fully saturated rings. The number of carbonyl (C=O) groups excluding carboxylic acids is 2. The van der Waals surface area contributed by atoms with Gasteiger partial charge in [-0.1, -0.05) is 0 Å². The summed E-state index contributed by atoms with van der Waals surface area (Å²) in [7, 11) is 0. The lowest BCUT2D eigenvalue weighted by molar-refractivity contribution is -0.137. The van der Waals surface area contributed by atoms with Gasteiger partial charge < -0.3 is 10.2 Å². The number of anilines is 1. The quantitative estimate of drug-likeness (QED) is 0.682. The van der Waals surface area contributed by atoms with E-state index in [-0.39, 0.29) is 5.91 Å². The zero-order valence-corrected chi connectivity index (χ0v) is 12.9. The van der Waals surface area contributed by atoms with Crippen molar-refractivity contribution in [3.05, 3.63) is 23.9 Å². The molecule has 3 amide bonds. The number of H-pyrrole nitrogens is 1. The zero-order valence-electron chi connectivity index (χ0n) is 12.9. The lowest BCUT2D eigenvalue weighted by atomic mass is 9.87. The van der Waals surface area contributed by atoms with Crippen LogP contribution in [0.2, 0.25) is 0 Å². The van der Waals surface area contributed by atoms with Gasteiger partial charge in [-0.3, -0.25) is 15.2 Å². The summed E-state index contributed by atoms with van der Waals surface area (Å²) in [6.45, 7) is 0.685. The molecule has 10 heteroatoms. The van der Waals surface area contributed by atoms with Gasteiger partial charge in [-0.15, -0.1) is 0 Å². The Morgan fingerprint density at radius 1 is 1.16 bits per heavy atom. The van der Waals surface area contributed by atoms with Crippen LogP contribution in [-0.2, 0) is 11.0 Å². The van der Waals surface area contributed by atoms with Gasteiger partial charge in [0.15, 0.2) is 0 Å². The summed E-state index contributed by atoms with van der Waals surface area (Å²) >= 11 is 0. The molecule has 4 rings (SSSR count). The van der Waals surface area contributed by atoms with Crippen molar-refractivity contribution < 1.29 is 22.8 Å². The van der Waals surface area contributed by atoms with E-state index in [1.165, 1.54) is 6.20 Å². The molecule has 1 aromatic heterocycles. The monoisotopic (exact) mass is 353 g/mol. The number of hydrogen-bond donors (Lipinski definition) is 3. The summed E-state index contributed by atoms with van der Waals surface area (Å²) < 4.78 is 39.5. The van der Waals surface area contributed by atoms with E-state index >= 15 is 0 Å². The highest BCUT2D eigenvalue weighted by molar-refractivity contribution is 6.07. The van der Waals surface area contributed by atoms with Crippen LogP contribution in [0, 0.1) is 0 Å². The molecule has 3 N–H and O–H groups in total. The number of rotatable bonds is 1. The van der Waals surface area contributed by atoms with Gasteiger partial charge >= 0.3 is 12.2 Å². The molecule has 2 aliphatic rings.